The molecular weight excluding hydrogens is 376 g/mol. The molecule has 0 aromatic heterocycles. The Bertz CT molecular complexity index is 636. The summed E-state index contributed by atoms with van der Waals surface area (Å²) in [6, 6.07) is 7.54. The Balaban J connectivity index is 0.00000280. The van der Waals surface area contributed by atoms with Crippen LogP contribution in [0.1, 0.15) is 42.1 Å². The van der Waals surface area contributed by atoms with Gasteiger partial charge in [-0.25, -0.2) is 0 Å². The van der Waals surface area contributed by atoms with Crippen molar-refractivity contribution in [1.82, 2.24) is 14.7 Å². The second kappa shape index (κ2) is 10.8. The summed E-state index contributed by atoms with van der Waals surface area (Å²) in [7, 11) is 0. The van der Waals surface area contributed by atoms with Crippen LogP contribution in [0.4, 0.5) is 0 Å². The van der Waals surface area contributed by atoms with Gasteiger partial charge in [0.15, 0.2) is 0 Å². The molecule has 1 aromatic carbocycles. The van der Waals surface area contributed by atoms with Gasteiger partial charge >= 0.3 is 0 Å². The Morgan fingerprint density at radius 2 is 1.57 bits per heavy atom. The molecule has 0 atom stereocenters. The Kier molecular flexibility index (Phi) is 8.73. The molecule has 3 rings (SSSR count). The van der Waals surface area contributed by atoms with Crippen molar-refractivity contribution < 1.29 is 9.59 Å². The van der Waals surface area contributed by atoms with E-state index in [9.17, 15) is 9.59 Å². The lowest BCUT2D eigenvalue weighted by atomic mass is 9.92. The molecule has 2 aliphatic rings. The van der Waals surface area contributed by atoms with E-state index in [4.69, 9.17) is 5.73 Å². The normalized spacial score (nSPS) is 18.6. The molecule has 7 heteroatoms. The first-order valence-corrected chi connectivity index (χ1v) is 10.2. The number of amides is 2. The molecule has 2 saturated heterocycles. The zero-order valence-electron chi connectivity index (χ0n) is 16.8. The van der Waals surface area contributed by atoms with Gasteiger partial charge in [-0.1, -0.05) is 19.1 Å². The lowest BCUT2D eigenvalue weighted by Crippen LogP contribution is -2.49. The molecular formula is C21H33ClN4O2. The highest BCUT2D eigenvalue weighted by molar-refractivity contribution is 5.94. The molecule has 2 heterocycles. The molecule has 2 amide bonds. The van der Waals surface area contributed by atoms with E-state index in [2.05, 4.69) is 11.8 Å². The summed E-state index contributed by atoms with van der Waals surface area (Å²) in [5.74, 6) is 0.761. The number of carbonyl (C=O) groups excluding carboxylic acids is 2. The first kappa shape index (κ1) is 22.7. The zero-order chi connectivity index (χ0) is 19.2. The lowest BCUT2D eigenvalue weighted by Gasteiger charge is -2.36. The molecule has 0 bridgehead atoms. The SMILES string of the molecule is CCN1CCN(C(=O)CC2CCN(C(=O)c3ccc(CN)cc3)CC2)CC1.Cl. The molecule has 0 radical (unpaired) electrons. The maximum atomic E-state index is 12.6. The maximum absolute atomic E-state index is 12.6. The second-order valence-corrected chi connectivity index (χ2v) is 7.66. The number of hydrogen-bond acceptors (Lipinski definition) is 4. The lowest BCUT2D eigenvalue weighted by molar-refractivity contribution is -0.134. The van der Waals surface area contributed by atoms with Crippen LogP contribution < -0.4 is 5.73 Å². The number of hydrogen-bond donors (Lipinski definition) is 1. The Morgan fingerprint density at radius 1 is 0.964 bits per heavy atom. The predicted molar refractivity (Wildman–Crippen MR) is 114 cm³/mol. The highest BCUT2D eigenvalue weighted by atomic mass is 35.5. The summed E-state index contributed by atoms with van der Waals surface area (Å²) in [6.45, 7) is 8.85. The van der Waals surface area contributed by atoms with Crippen LogP contribution in [-0.2, 0) is 11.3 Å². The number of carbonyl (C=O) groups is 2. The van der Waals surface area contributed by atoms with E-state index in [1.165, 1.54) is 0 Å². The summed E-state index contributed by atoms with van der Waals surface area (Å²) >= 11 is 0. The minimum Gasteiger partial charge on any atom is -0.340 e. The maximum Gasteiger partial charge on any atom is 0.253 e. The summed E-state index contributed by atoms with van der Waals surface area (Å²) in [4.78, 5) is 31.5. The third-order valence-corrected chi connectivity index (χ3v) is 5.97. The summed E-state index contributed by atoms with van der Waals surface area (Å²) in [6.07, 6.45) is 2.44. The molecule has 2 N–H and O–H groups in total. The van der Waals surface area contributed by atoms with Crippen molar-refractivity contribution in [2.24, 2.45) is 11.7 Å². The summed E-state index contributed by atoms with van der Waals surface area (Å²) in [5.41, 5.74) is 7.36. The minimum absolute atomic E-state index is 0. The predicted octanol–water partition coefficient (Wildman–Crippen LogP) is 1.97. The molecule has 0 spiro atoms. The van der Waals surface area contributed by atoms with Gasteiger partial charge in [0, 0.05) is 57.8 Å². The van der Waals surface area contributed by atoms with Gasteiger partial charge in [0.2, 0.25) is 5.91 Å². The molecule has 1 aromatic rings. The van der Waals surface area contributed by atoms with Crippen LogP contribution in [0.15, 0.2) is 24.3 Å². The highest BCUT2D eigenvalue weighted by Gasteiger charge is 2.27. The van der Waals surface area contributed by atoms with Crippen molar-refractivity contribution in [2.45, 2.75) is 32.7 Å². The number of nitrogens with zero attached hydrogens (tertiary/aromatic N) is 3. The van der Waals surface area contributed by atoms with Crippen molar-refractivity contribution >= 4 is 24.2 Å². The van der Waals surface area contributed by atoms with E-state index in [0.717, 1.165) is 69.8 Å². The van der Waals surface area contributed by atoms with Crippen LogP contribution in [0.25, 0.3) is 0 Å². The Labute approximate surface area is 174 Å². The molecule has 28 heavy (non-hydrogen) atoms. The van der Waals surface area contributed by atoms with Crippen LogP contribution in [0.3, 0.4) is 0 Å². The fraction of sp³-hybridized carbons (Fsp3) is 0.619. The van der Waals surface area contributed by atoms with Gasteiger partial charge in [0.25, 0.3) is 5.91 Å². The minimum atomic E-state index is 0. The number of piperidine rings is 1. The first-order chi connectivity index (χ1) is 13.1. The number of piperazine rings is 1. The van der Waals surface area contributed by atoms with Gasteiger partial charge < -0.3 is 20.4 Å². The Morgan fingerprint density at radius 3 is 2.11 bits per heavy atom. The monoisotopic (exact) mass is 408 g/mol. The number of nitrogens with two attached hydrogens (primary N) is 1. The van der Waals surface area contributed by atoms with E-state index in [-0.39, 0.29) is 24.2 Å². The third-order valence-electron chi connectivity index (χ3n) is 5.97. The quantitative estimate of drug-likeness (QED) is 0.808. The van der Waals surface area contributed by atoms with Gasteiger partial charge in [-0.3, -0.25) is 9.59 Å². The molecule has 0 unspecified atom stereocenters. The number of likely N-dealkylation sites (N-methyl/N-ethyl adjacent to an activating group) is 1. The number of benzene rings is 1. The van der Waals surface area contributed by atoms with Crippen LogP contribution in [-0.4, -0.2) is 72.3 Å². The van der Waals surface area contributed by atoms with Gasteiger partial charge in [-0.05, 0) is 43.0 Å². The summed E-state index contributed by atoms with van der Waals surface area (Å²) < 4.78 is 0. The van der Waals surface area contributed by atoms with E-state index in [1.807, 2.05) is 34.1 Å². The number of rotatable bonds is 5. The highest BCUT2D eigenvalue weighted by Crippen LogP contribution is 2.23. The largest absolute Gasteiger partial charge is 0.340 e. The van der Waals surface area contributed by atoms with Crippen molar-refractivity contribution in [3.05, 3.63) is 35.4 Å². The van der Waals surface area contributed by atoms with Crippen LogP contribution in [0.2, 0.25) is 0 Å². The van der Waals surface area contributed by atoms with E-state index < -0.39 is 0 Å². The van der Waals surface area contributed by atoms with Gasteiger partial charge in [-0.15, -0.1) is 12.4 Å². The van der Waals surface area contributed by atoms with Crippen LogP contribution >= 0.6 is 12.4 Å². The van der Waals surface area contributed by atoms with Crippen LogP contribution in [0, 0.1) is 5.92 Å². The third kappa shape index (κ3) is 5.69. The Hall–Kier alpha value is -1.63. The molecule has 0 saturated carbocycles. The summed E-state index contributed by atoms with van der Waals surface area (Å²) in [5, 5.41) is 0. The second-order valence-electron chi connectivity index (χ2n) is 7.66. The average Bonchev–Trinajstić information content (AvgIpc) is 2.74. The van der Waals surface area contributed by atoms with Gasteiger partial charge in [0.05, 0.1) is 0 Å². The average molecular weight is 409 g/mol. The molecule has 0 aliphatic carbocycles. The fourth-order valence-corrected chi connectivity index (χ4v) is 4.00. The smallest absolute Gasteiger partial charge is 0.253 e. The van der Waals surface area contributed by atoms with E-state index in [1.54, 1.807) is 0 Å². The van der Waals surface area contributed by atoms with Crippen molar-refractivity contribution in [3.8, 4) is 0 Å². The fourth-order valence-electron chi connectivity index (χ4n) is 4.00. The standard InChI is InChI=1S/C21H32N4O2.ClH/c1-2-23-11-13-24(14-12-23)20(26)15-17-7-9-25(10-8-17)21(27)19-5-3-18(16-22)4-6-19;/h3-6,17H,2,7-16,22H2,1H3;1H. The molecule has 2 aliphatic heterocycles. The van der Waals surface area contributed by atoms with Gasteiger partial charge in [-0.2, -0.15) is 0 Å². The van der Waals surface area contributed by atoms with Crippen molar-refractivity contribution in [2.75, 3.05) is 45.8 Å². The molecule has 156 valence electrons. The van der Waals surface area contributed by atoms with Crippen LogP contribution in [0.5, 0.6) is 0 Å². The topological polar surface area (TPSA) is 69.9 Å². The molecule has 6 nitrogen and oxygen atoms in total. The van der Waals surface area contributed by atoms with E-state index >= 15 is 0 Å². The molecule has 2 fully saturated rings. The van der Waals surface area contributed by atoms with Crippen molar-refractivity contribution in [3.63, 3.8) is 0 Å². The number of likely N-dealkylation sites (tertiary alicyclic amines) is 1. The first-order valence-electron chi connectivity index (χ1n) is 10.2. The number of halogens is 1. The van der Waals surface area contributed by atoms with Gasteiger partial charge in [0.1, 0.15) is 0 Å². The van der Waals surface area contributed by atoms with Crippen molar-refractivity contribution in [1.29, 1.82) is 0 Å². The zero-order valence-corrected chi connectivity index (χ0v) is 17.6. The van der Waals surface area contributed by atoms with E-state index in [0.29, 0.717) is 18.9 Å².